The van der Waals surface area contributed by atoms with Gasteiger partial charge in [0, 0.05) is 21.7 Å². The van der Waals surface area contributed by atoms with Crippen LogP contribution in [0.3, 0.4) is 0 Å². The zero-order chi connectivity index (χ0) is 18.3. The van der Waals surface area contributed by atoms with Gasteiger partial charge in [-0.05, 0) is 42.5 Å². The normalized spacial score (nSPS) is 14.4. The minimum absolute atomic E-state index is 0.0926. The van der Waals surface area contributed by atoms with Gasteiger partial charge in [0.2, 0.25) is 0 Å². The first-order chi connectivity index (χ1) is 12.5. The molecule has 2 aromatic carbocycles. The van der Waals surface area contributed by atoms with E-state index in [-0.39, 0.29) is 24.0 Å². The summed E-state index contributed by atoms with van der Waals surface area (Å²) in [6.07, 6.45) is 0. The van der Waals surface area contributed by atoms with E-state index in [1.165, 1.54) is 23.5 Å². The fourth-order valence-corrected chi connectivity index (χ4v) is 3.89. The van der Waals surface area contributed by atoms with Gasteiger partial charge in [-0.25, -0.2) is 9.37 Å². The van der Waals surface area contributed by atoms with Crippen LogP contribution in [0.5, 0.6) is 0 Å². The van der Waals surface area contributed by atoms with Crippen molar-refractivity contribution < 1.29 is 9.50 Å². The van der Waals surface area contributed by atoms with E-state index in [1.807, 2.05) is 11.4 Å². The van der Waals surface area contributed by atoms with E-state index in [0.29, 0.717) is 21.3 Å². The lowest BCUT2D eigenvalue weighted by Gasteiger charge is -2.18. The molecule has 0 fully saturated rings. The van der Waals surface area contributed by atoms with Crippen LogP contribution in [0.15, 0.2) is 59.7 Å². The maximum atomic E-state index is 13.1. The number of nitrogens with zero attached hydrogens (tertiary/aromatic N) is 2. The van der Waals surface area contributed by atoms with Crippen molar-refractivity contribution >= 4 is 40.0 Å². The molecule has 2 N–H and O–H groups in total. The summed E-state index contributed by atoms with van der Waals surface area (Å²) in [5, 5.41) is 21.8. The van der Waals surface area contributed by atoms with Gasteiger partial charge in [0.15, 0.2) is 0 Å². The number of anilines is 1. The second-order valence-electron chi connectivity index (χ2n) is 5.78. The Morgan fingerprint density at radius 1 is 1.19 bits per heavy atom. The van der Waals surface area contributed by atoms with Gasteiger partial charge in [-0.3, -0.25) is 5.41 Å². The van der Waals surface area contributed by atoms with Crippen molar-refractivity contribution in [2.75, 3.05) is 11.4 Å². The number of halogens is 2. The molecule has 0 radical (unpaired) electrons. The third kappa shape index (κ3) is 2.98. The second kappa shape index (κ2) is 6.55. The third-order valence-corrected chi connectivity index (χ3v) is 5.18. The Balaban J connectivity index is 1.65. The highest BCUT2D eigenvalue weighted by molar-refractivity contribution is 7.11. The number of nitrogens with one attached hydrogen (secondary N) is 1. The van der Waals surface area contributed by atoms with Crippen LogP contribution in [0, 0.1) is 11.2 Å². The minimum atomic E-state index is -0.306. The van der Waals surface area contributed by atoms with Crippen molar-refractivity contribution in [1.82, 2.24) is 4.98 Å². The van der Waals surface area contributed by atoms with Crippen LogP contribution in [0.1, 0.15) is 5.01 Å². The third-order valence-electron chi connectivity index (χ3n) is 4.08. The van der Waals surface area contributed by atoms with E-state index < -0.39 is 0 Å². The Hall–Kier alpha value is -2.70. The molecule has 0 aliphatic carbocycles. The number of benzene rings is 2. The molecule has 130 valence electrons. The lowest BCUT2D eigenvalue weighted by molar-refractivity contribution is 0.411. The van der Waals surface area contributed by atoms with Crippen LogP contribution in [0.25, 0.3) is 16.8 Å². The SMILES string of the molecule is N=C1C(c2nc(-c3ccc(F)cc3)cs2)=C(O)CN1c1cccc(Cl)c1. The summed E-state index contributed by atoms with van der Waals surface area (Å²) < 4.78 is 13.1. The summed E-state index contributed by atoms with van der Waals surface area (Å²) in [5.41, 5.74) is 2.60. The number of amidine groups is 1. The van der Waals surface area contributed by atoms with E-state index in [4.69, 9.17) is 17.0 Å². The van der Waals surface area contributed by atoms with E-state index in [1.54, 1.807) is 35.2 Å². The van der Waals surface area contributed by atoms with Gasteiger partial charge < -0.3 is 10.0 Å². The maximum absolute atomic E-state index is 13.1. The lowest BCUT2D eigenvalue weighted by atomic mass is 10.2. The second-order valence-corrected chi connectivity index (χ2v) is 7.08. The molecule has 0 unspecified atom stereocenters. The molecule has 0 saturated heterocycles. The highest BCUT2D eigenvalue weighted by Gasteiger charge is 2.31. The highest BCUT2D eigenvalue weighted by Crippen LogP contribution is 2.34. The standard InChI is InChI=1S/C19H13ClFN3OS/c20-12-2-1-3-14(8-12)24-9-16(25)17(18(24)22)19-23-15(10-26-19)11-4-6-13(21)7-5-11/h1-8,10,22,25H,9H2. The average Bonchev–Trinajstić information content (AvgIpc) is 3.20. The predicted molar refractivity (Wildman–Crippen MR) is 104 cm³/mol. The molecule has 4 rings (SSSR count). The molecule has 0 atom stereocenters. The van der Waals surface area contributed by atoms with Gasteiger partial charge in [-0.15, -0.1) is 11.3 Å². The molecule has 26 heavy (non-hydrogen) atoms. The lowest BCUT2D eigenvalue weighted by Crippen LogP contribution is -2.25. The summed E-state index contributed by atoms with van der Waals surface area (Å²) >= 11 is 7.37. The van der Waals surface area contributed by atoms with Crippen LogP contribution < -0.4 is 4.90 Å². The Labute approximate surface area is 158 Å². The quantitative estimate of drug-likeness (QED) is 0.637. The molecule has 1 aliphatic rings. The van der Waals surface area contributed by atoms with E-state index in [9.17, 15) is 9.50 Å². The molecule has 3 aromatic rings. The van der Waals surface area contributed by atoms with Crippen molar-refractivity contribution in [3.63, 3.8) is 0 Å². The van der Waals surface area contributed by atoms with Crippen LogP contribution in [0.4, 0.5) is 10.1 Å². The fraction of sp³-hybridized carbons (Fsp3) is 0.0526. The number of aromatic nitrogens is 1. The smallest absolute Gasteiger partial charge is 0.139 e. The van der Waals surface area contributed by atoms with E-state index >= 15 is 0 Å². The van der Waals surface area contributed by atoms with Crippen molar-refractivity contribution in [2.45, 2.75) is 0 Å². The van der Waals surface area contributed by atoms with Crippen LogP contribution in [-0.2, 0) is 0 Å². The number of hydrogen-bond acceptors (Lipinski definition) is 4. The Kier molecular flexibility index (Phi) is 4.22. The van der Waals surface area contributed by atoms with Gasteiger partial charge in [0.05, 0.1) is 17.8 Å². The topological polar surface area (TPSA) is 60.2 Å². The molecule has 0 amide bonds. The van der Waals surface area contributed by atoms with Gasteiger partial charge in [0.25, 0.3) is 0 Å². The summed E-state index contributed by atoms with van der Waals surface area (Å²) in [7, 11) is 0. The van der Waals surface area contributed by atoms with Gasteiger partial charge in [-0.2, -0.15) is 0 Å². The molecule has 4 nitrogen and oxygen atoms in total. The number of rotatable bonds is 3. The molecule has 0 saturated carbocycles. The summed E-state index contributed by atoms with van der Waals surface area (Å²) in [6.45, 7) is 0.194. The zero-order valence-electron chi connectivity index (χ0n) is 13.4. The fourth-order valence-electron chi connectivity index (χ4n) is 2.81. The first-order valence-electron chi connectivity index (χ1n) is 7.79. The Morgan fingerprint density at radius 2 is 1.96 bits per heavy atom. The largest absolute Gasteiger partial charge is 0.510 e. The average molecular weight is 386 g/mol. The number of hydrogen-bond donors (Lipinski definition) is 2. The first kappa shape index (κ1) is 16.8. The maximum Gasteiger partial charge on any atom is 0.139 e. The number of thiazole rings is 1. The van der Waals surface area contributed by atoms with Crippen LogP contribution in [-0.4, -0.2) is 22.5 Å². The van der Waals surface area contributed by atoms with Crippen molar-refractivity contribution in [3.8, 4) is 11.3 Å². The van der Waals surface area contributed by atoms with E-state index in [0.717, 1.165) is 11.3 Å². The van der Waals surface area contributed by atoms with Crippen molar-refractivity contribution in [3.05, 3.63) is 75.5 Å². The predicted octanol–water partition coefficient (Wildman–Crippen LogP) is 5.37. The Morgan fingerprint density at radius 3 is 2.69 bits per heavy atom. The number of aliphatic hydroxyl groups is 1. The van der Waals surface area contributed by atoms with Gasteiger partial charge >= 0.3 is 0 Å². The van der Waals surface area contributed by atoms with Crippen LogP contribution >= 0.6 is 22.9 Å². The molecular formula is C19H13ClFN3OS. The molecule has 0 bridgehead atoms. The Bertz CT molecular complexity index is 1030. The molecule has 1 aliphatic heterocycles. The monoisotopic (exact) mass is 385 g/mol. The molecule has 7 heteroatoms. The molecular weight excluding hydrogens is 373 g/mol. The van der Waals surface area contributed by atoms with Crippen LogP contribution in [0.2, 0.25) is 5.02 Å². The molecule has 0 spiro atoms. The summed E-state index contributed by atoms with van der Waals surface area (Å²) in [5.74, 6) is -0.0426. The molecule has 1 aromatic heterocycles. The van der Waals surface area contributed by atoms with Crippen molar-refractivity contribution in [1.29, 1.82) is 5.41 Å². The van der Waals surface area contributed by atoms with E-state index in [2.05, 4.69) is 4.98 Å². The molecule has 2 heterocycles. The number of aliphatic hydroxyl groups excluding tert-OH is 1. The van der Waals surface area contributed by atoms with Gasteiger partial charge in [0.1, 0.15) is 22.4 Å². The summed E-state index contributed by atoms with van der Waals surface area (Å²) in [6, 6.07) is 13.2. The zero-order valence-corrected chi connectivity index (χ0v) is 15.0. The summed E-state index contributed by atoms with van der Waals surface area (Å²) in [4.78, 5) is 6.20. The first-order valence-corrected chi connectivity index (χ1v) is 9.04. The van der Waals surface area contributed by atoms with Crippen molar-refractivity contribution in [2.24, 2.45) is 0 Å². The minimum Gasteiger partial charge on any atom is -0.510 e. The highest BCUT2D eigenvalue weighted by atomic mass is 35.5. The van der Waals surface area contributed by atoms with Gasteiger partial charge in [-0.1, -0.05) is 17.7 Å².